The van der Waals surface area contributed by atoms with Gasteiger partial charge in [-0.05, 0) is 12.1 Å². The fourth-order valence-corrected chi connectivity index (χ4v) is 0.963. The van der Waals surface area contributed by atoms with Crippen molar-refractivity contribution in [2.75, 3.05) is 13.2 Å². The monoisotopic (exact) mass is 193 g/mol. The van der Waals surface area contributed by atoms with Crippen LogP contribution in [0.1, 0.15) is 10.4 Å². The highest BCUT2D eigenvalue weighted by atomic mass is 16.5. The molecule has 14 heavy (non-hydrogen) atoms. The molecule has 1 aromatic carbocycles. The molecule has 0 saturated heterocycles. The first-order chi connectivity index (χ1) is 6.84. The van der Waals surface area contributed by atoms with Crippen molar-refractivity contribution in [2.24, 2.45) is 0 Å². The van der Waals surface area contributed by atoms with Crippen molar-refractivity contribution in [3.8, 4) is 0 Å². The molecule has 0 spiro atoms. The molecule has 1 aromatic rings. The molecule has 0 fully saturated rings. The summed E-state index contributed by atoms with van der Waals surface area (Å²) in [6.45, 7) is 0.878. The lowest BCUT2D eigenvalue weighted by atomic mass is 10.2. The molecule has 0 aliphatic carbocycles. The fraction of sp³-hybridized carbons (Fsp3) is 0.200. The van der Waals surface area contributed by atoms with Crippen molar-refractivity contribution < 1.29 is 14.3 Å². The lowest BCUT2D eigenvalue weighted by Crippen LogP contribution is -2.27. The smallest absolute Gasteiger partial charge is 0.293 e. The largest absolute Gasteiger partial charge is 0.466 e. The maximum atomic E-state index is 11.4. The number of carbonyl (C=O) groups is 2. The SMILES string of the molecule is O=COCCNC(=O)c1ccccc1. The van der Waals surface area contributed by atoms with Crippen LogP contribution in [-0.4, -0.2) is 25.5 Å². The summed E-state index contributed by atoms with van der Waals surface area (Å²) in [7, 11) is 0. The number of benzene rings is 1. The highest BCUT2D eigenvalue weighted by molar-refractivity contribution is 5.94. The molecule has 0 aromatic heterocycles. The minimum absolute atomic E-state index is 0.167. The first-order valence-corrected chi connectivity index (χ1v) is 4.23. The number of nitrogens with one attached hydrogen (secondary N) is 1. The van der Waals surface area contributed by atoms with Gasteiger partial charge >= 0.3 is 0 Å². The molecule has 74 valence electrons. The van der Waals surface area contributed by atoms with Crippen LogP contribution in [-0.2, 0) is 9.53 Å². The van der Waals surface area contributed by atoms with E-state index in [1.165, 1.54) is 0 Å². The summed E-state index contributed by atoms with van der Waals surface area (Å²) in [6, 6.07) is 8.85. The Morgan fingerprint density at radius 3 is 2.71 bits per heavy atom. The molecular weight excluding hydrogens is 182 g/mol. The highest BCUT2D eigenvalue weighted by Crippen LogP contribution is 1.96. The van der Waals surface area contributed by atoms with Gasteiger partial charge in [-0.25, -0.2) is 0 Å². The third-order valence-corrected chi connectivity index (χ3v) is 1.61. The van der Waals surface area contributed by atoms with E-state index in [1.807, 2.05) is 6.07 Å². The Bertz CT molecular complexity index is 297. The molecule has 0 heterocycles. The number of hydrogen-bond acceptors (Lipinski definition) is 3. The molecule has 0 aliphatic heterocycles. The molecule has 0 unspecified atom stereocenters. The maximum Gasteiger partial charge on any atom is 0.293 e. The lowest BCUT2D eigenvalue weighted by molar-refractivity contribution is -0.128. The molecule has 4 nitrogen and oxygen atoms in total. The quantitative estimate of drug-likeness (QED) is 0.550. The normalized spacial score (nSPS) is 9.14. The summed E-state index contributed by atoms with van der Waals surface area (Å²) in [5.74, 6) is -0.167. The van der Waals surface area contributed by atoms with E-state index < -0.39 is 0 Å². The summed E-state index contributed by atoms with van der Waals surface area (Å²) in [4.78, 5) is 21.1. The zero-order chi connectivity index (χ0) is 10.2. The van der Waals surface area contributed by atoms with Gasteiger partial charge in [-0.3, -0.25) is 9.59 Å². The summed E-state index contributed by atoms with van der Waals surface area (Å²) >= 11 is 0. The summed E-state index contributed by atoms with van der Waals surface area (Å²) in [6.07, 6.45) is 0. The van der Waals surface area contributed by atoms with Gasteiger partial charge in [-0.1, -0.05) is 18.2 Å². The second kappa shape index (κ2) is 5.75. The van der Waals surface area contributed by atoms with Crippen LogP contribution in [0.15, 0.2) is 30.3 Å². The van der Waals surface area contributed by atoms with Gasteiger partial charge in [0.05, 0.1) is 6.54 Å². The van der Waals surface area contributed by atoms with Crippen molar-refractivity contribution in [3.63, 3.8) is 0 Å². The Labute approximate surface area is 81.9 Å². The van der Waals surface area contributed by atoms with E-state index in [-0.39, 0.29) is 12.5 Å². The van der Waals surface area contributed by atoms with Gasteiger partial charge in [0.1, 0.15) is 6.61 Å². The van der Waals surface area contributed by atoms with Gasteiger partial charge in [-0.15, -0.1) is 0 Å². The second-order valence-electron chi connectivity index (χ2n) is 2.59. The van der Waals surface area contributed by atoms with Crippen molar-refractivity contribution in [1.29, 1.82) is 0 Å². The van der Waals surface area contributed by atoms with Crippen LogP contribution in [0.5, 0.6) is 0 Å². The van der Waals surface area contributed by atoms with Crippen LogP contribution in [0.4, 0.5) is 0 Å². The van der Waals surface area contributed by atoms with Crippen molar-refractivity contribution in [3.05, 3.63) is 35.9 Å². The average Bonchev–Trinajstić information content (AvgIpc) is 2.25. The van der Waals surface area contributed by atoms with Gasteiger partial charge < -0.3 is 10.1 Å². The van der Waals surface area contributed by atoms with Crippen LogP contribution in [0.25, 0.3) is 0 Å². The summed E-state index contributed by atoms with van der Waals surface area (Å²) < 4.78 is 4.42. The molecule has 4 heteroatoms. The van der Waals surface area contributed by atoms with Crippen LogP contribution in [0.3, 0.4) is 0 Å². The summed E-state index contributed by atoms with van der Waals surface area (Å²) in [5, 5.41) is 2.61. The second-order valence-corrected chi connectivity index (χ2v) is 2.59. The molecule has 1 amide bonds. The molecule has 0 bridgehead atoms. The maximum absolute atomic E-state index is 11.4. The minimum Gasteiger partial charge on any atom is -0.466 e. The number of amides is 1. The van der Waals surface area contributed by atoms with Gasteiger partial charge in [0.25, 0.3) is 12.4 Å². The number of rotatable bonds is 5. The van der Waals surface area contributed by atoms with Crippen LogP contribution in [0, 0.1) is 0 Å². The lowest BCUT2D eigenvalue weighted by Gasteiger charge is -2.03. The average molecular weight is 193 g/mol. The molecule has 0 aliphatic rings. The zero-order valence-corrected chi connectivity index (χ0v) is 7.60. The molecular formula is C10H11NO3. The van der Waals surface area contributed by atoms with Gasteiger partial charge in [0, 0.05) is 5.56 Å². The minimum atomic E-state index is -0.167. The van der Waals surface area contributed by atoms with E-state index in [4.69, 9.17) is 0 Å². The van der Waals surface area contributed by atoms with E-state index >= 15 is 0 Å². The first kappa shape index (κ1) is 10.2. The van der Waals surface area contributed by atoms with E-state index in [1.54, 1.807) is 24.3 Å². The van der Waals surface area contributed by atoms with Crippen molar-refractivity contribution in [2.45, 2.75) is 0 Å². The van der Waals surface area contributed by atoms with Gasteiger partial charge in [0.2, 0.25) is 0 Å². The molecule has 0 saturated carbocycles. The molecule has 0 atom stereocenters. The van der Waals surface area contributed by atoms with Crippen molar-refractivity contribution in [1.82, 2.24) is 5.32 Å². The van der Waals surface area contributed by atoms with E-state index in [2.05, 4.69) is 10.1 Å². The summed E-state index contributed by atoms with van der Waals surface area (Å²) in [5.41, 5.74) is 0.596. The Morgan fingerprint density at radius 2 is 2.07 bits per heavy atom. The van der Waals surface area contributed by atoms with Gasteiger partial charge in [0.15, 0.2) is 0 Å². The third-order valence-electron chi connectivity index (χ3n) is 1.61. The van der Waals surface area contributed by atoms with Crippen molar-refractivity contribution >= 4 is 12.4 Å². The fourth-order valence-electron chi connectivity index (χ4n) is 0.963. The first-order valence-electron chi connectivity index (χ1n) is 4.23. The number of ether oxygens (including phenoxy) is 1. The van der Waals surface area contributed by atoms with Crippen LogP contribution in [0.2, 0.25) is 0 Å². The molecule has 1 N–H and O–H groups in total. The zero-order valence-electron chi connectivity index (χ0n) is 7.60. The number of carbonyl (C=O) groups excluding carboxylic acids is 2. The Kier molecular flexibility index (Phi) is 4.20. The number of hydrogen-bond donors (Lipinski definition) is 1. The standard InChI is InChI=1S/C10H11NO3/c12-8-14-7-6-11-10(13)9-4-2-1-3-5-9/h1-5,8H,6-7H2,(H,11,13). The molecule has 0 radical (unpaired) electrons. The van der Waals surface area contributed by atoms with Gasteiger partial charge in [-0.2, -0.15) is 0 Å². The Balaban J connectivity index is 2.32. The van der Waals surface area contributed by atoms with Crippen LogP contribution >= 0.6 is 0 Å². The topological polar surface area (TPSA) is 55.4 Å². The predicted octanol–water partition coefficient (Wildman–Crippen LogP) is 0.589. The third kappa shape index (κ3) is 3.26. The highest BCUT2D eigenvalue weighted by Gasteiger charge is 2.01. The molecule has 1 rings (SSSR count). The predicted molar refractivity (Wildman–Crippen MR) is 50.8 cm³/mol. The Morgan fingerprint density at radius 1 is 1.36 bits per heavy atom. The van der Waals surface area contributed by atoms with E-state index in [0.29, 0.717) is 18.6 Å². The Hall–Kier alpha value is -1.84. The van der Waals surface area contributed by atoms with E-state index in [0.717, 1.165) is 0 Å². The van der Waals surface area contributed by atoms with E-state index in [9.17, 15) is 9.59 Å². The van der Waals surface area contributed by atoms with Crippen LogP contribution < -0.4 is 5.32 Å².